The molecule has 2 aliphatic heterocycles. The van der Waals surface area contributed by atoms with Crippen LogP contribution in [0.1, 0.15) is 38.7 Å². The highest BCUT2D eigenvalue weighted by Gasteiger charge is 2.33. The van der Waals surface area contributed by atoms with E-state index in [1.54, 1.807) is 0 Å². The van der Waals surface area contributed by atoms with Crippen LogP contribution < -0.4 is 9.47 Å². The lowest BCUT2D eigenvalue weighted by Gasteiger charge is -2.19. The van der Waals surface area contributed by atoms with Gasteiger partial charge in [0.1, 0.15) is 5.60 Å². The van der Waals surface area contributed by atoms with Gasteiger partial charge in [0.05, 0.1) is 6.10 Å². The number of benzene rings is 1. The topological polar surface area (TPSA) is 48.0 Å². The van der Waals surface area contributed by atoms with Crippen molar-refractivity contribution in [1.29, 1.82) is 0 Å². The largest absolute Gasteiger partial charge is 0.483 e. The first-order valence-corrected chi connectivity index (χ1v) is 9.33. The van der Waals surface area contributed by atoms with E-state index in [0.29, 0.717) is 12.3 Å². The van der Waals surface area contributed by atoms with Crippen molar-refractivity contribution < 1.29 is 19.0 Å². The van der Waals surface area contributed by atoms with E-state index in [9.17, 15) is 4.79 Å². The van der Waals surface area contributed by atoms with Crippen molar-refractivity contribution in [2.45, 2.75) is 51.2 Å². The molecule has 5 nitrogen and oxygen atoms in total. The SMILES string of the molecule is CC1(C)Cc2cccc(OCC(=O)N3CCC(OCC4CC4)C3)c2O1. The molecule has 136 valence electrons. The lowest BCUT2D eigenvalue weighted by molar-refractivity contribution is -0.132. The molecule has 1 atom stereocenters. The molecule has 3 aliphatic rings. The lowest BCUT2D eigenvalue weighted by atomic mass is 10.0. The molecule has 0 spiro atoms. The van der Waals surface area contributed by atoms with E-state index in [1.165, 1.54) is 12.8 Å². The summed E-state index contributed by atoms with van der Waals surface area (Å²) in [5.74, 6) is 2.23. The minimum Gasteiger partial charge on any atom is -0.483 e. The van der Waals surface area contributed by atoms with Crippen LogP contribution in [0.25, 0.3) is 0 Å². The van der Waals surface area contributed by atoms with Gasteiger partial charge in [-0.05, 0) is 45.1 Å². The normalized spacial score (nSPS) is 24.1. The highest BCUT2D eigenvalue weighted by Crippen LogP contribution is 2.41. The van der Waals surface area contributed by atoms with Gasteiger partial charge in [-0.1, -0.05) is 12.1 Å². The van der Waals surface area contributed by atoms with Crippen molar-refractivity contribution >= 4 is 5.91 Å². The maximum Gasteiger partial charge on any atom is 0.260 e. The van der Waals surface area contributed by atoms with Crippen molar-refractivity contribution in [2.75, 3.05) is 26.3 Å². The molecule has 1 aliphatic carbocycles. The molecule has 0 aromatic heterocycles. The zero-order valence-electron chi connectivity index (χ0n) is 15.1. The minimum absolute atomic E-state index is 0.0207. The lowest BCUT2D eigenvalue weighted by Crippen LogP contribution is -2.34. The van der Waals surface area contributed by atoms with Crippen LogP contribution in [0.3, 0.4) is 0 Å². The molecule has 0 N–H and O–H groups in total. The van der Waals surface area contributed by atoms with Crippen LogP contribution in [-0.2, 0) is 16.0 Å². The number of carbonyl (C=O) groups excluding carboxylic acids is 1. The van der Waals surface area contributed by atoms with Crippen molar-refractivity contribution in [2.24, 2.45) is 5.92 Å². The molecule has 1 aromatic carbocycles. The Labute approximate surface area is 149 Å². The van der Waals surface area contributed by atoms with Gasteiger partial charge in [-0.3, -0.25) is 4.79 Å². The fourth-order valence-electron chi connectivity index (χ4n) is 3.58. The summed E-state index contributed by atoms with van der Waals surface area (Å²) < 4.78 is 17.7. The Balaban J connectivity index is 1.29. The second-order valence-electron chi connectivity index (χ2n) is 8.10. The molecule has 1 unspecified atom stereocenters. The van der Waals surface area contributed by atoms with Gasteiger partial charge in [0.2, 0.25) is 0 Å². The Kier molecular flexibility index (Phi) is 4.36. The Morgan fingerprint density at radius 3 is 2.96 bits per heavy atom. The van der Waals surface area contributed by atoms with Crippen molar-refractivity contribution in [3.05, 3.63) is 23.8 Å². The molecule has 1 saturated carbocycles. The van der Waals surface area contributed by atoms with E-state index in [-0.39, 0.29) is 24.2 Å². The molecule has 5 heteroatoms. The number of fused-ring (bicyclic) bond motifs is 1. The van der Waals surface area contributed by atoms with E-state index in [2.05, 4.69) is 19.9 Å². The molecule has 1 aromatic rings. The summed E-state index contributed by atoms with van der Waals surface area (Å²) in [7, 11) is 0. The van der Waals surface area contributed by atoms with E-state index < -0.39 is 0 Å². The van der Waals surface area contributed by atoms with Crippen LogP contribution in [0, 0.1) is 5.92 Å². The Bertz CT molecular complexity index is 653. The van der Waals surface area contributed by atoms with Gasteiger partial charge < -0.3 is 19.1 Å². The Morgan fingerprint density at radius 1 is 1.32 bits per heavy atom. The third-order valence-corrected chi connectivity index (χ3v) is 5.17. The van der Waals surface area contributed by atoms with E-state index in [4.69, 9.17) is 14.2 Å². The highest BCUT2D eigenvalue weighted by molar-refractivity contribution is 5.78. The minimum atomic E-state index is -0.215. The predicted octanol–water partition coefficient (Wildman–Crippen LogP) is 2.81. The van der Waals surface area contributed by atoms with Crippen LogP contribution in [-0.4, -0.2) is 48.8 Å². The second-order valence-corrected chi connectivity index (χ2v) is 8.10. The number of amides is 1. The first-order valence-electron chi connectivity index (χ1n) is 9.33. The maximum atomic E-state index is 12.4. The number of rotatable bonds is 6. The van der Waals surface area contributed by atoms with E-state index in [1.807, 2.05) is 17.0 Å². The number of para-hydroxylation sites is 1. The fourth-order valence-corrected chi connectivity index (χ4v) is 3.58. The molecule has 0 bridgehead atoms. The first kappa shape index (κ1) is 16.7. The van der Waals surface area contributed by atoms with E-state index >= 15 is 0 Å². The Morgan fingerprint density at radius 2 is 2.16 bits per heavy atom. The zero-order valence-corrected chi connectivity index (χ0v) is 15.1. The van der Waals surface area contributed by atoms with Crippen molar-refractivity contribution in [3.63, 3.8) is 0 Å². The van der Waals surface area contributed by atoms with Crippen LogP contribution in [0.4, 0.5) is 0 Å². The summed E-state index contributed by atoms with van der Waals surface area (Å²) in [6, 6.07) is 5.89. The van der Waals surface area contributed by atoms with Gasteiger partial charge in [0.25, 0.3) is 5.91 Å². The summed E-state index contributed by atoms with van der Waals surface area (Å²) >= 11 is 0. The summed E-state index contributed by atoms with van der Waals surface area (Å²) in [6.45, 7) is 6.48. The van der Waals surface area contributed by atoms with E-state index in [0.717, 1.165) is 43.2 Å². The smallest absolute Gasteiger partial charge is 0.260 e. The molecule has 1 saturated heterocycles. The van der Waals surface area contributed by atoms with Crippen LogP contribution in [0.5, 0.6) is 11.5 Å². The molecule has 25 heavy (non-hydrogen) atoms. The summed E-state index contributed by atoms with van der Waals surface area (Å²) in [4.78, 5) is 14.3. The van der Waals surface area contributed by atoms with Crippen molar-refractivity contribution in [3.8, 4) is 11.5 Å². The third-order valence-electron chi connectivity index (χ3n) is 5.17. The molecule has 4 rings (SSSR count). The fraction of sp³-hybridized carbons (Fsp3) is 0.650. The van der Waals surface area contributed by atoms with Gasteiger partial charge in [0, 0.05) is 31.7 Å². The highest BCUT2D eigenvalue weighted by atomic mass is 16.5. The average molecular weight is 345 g/mol. The van der Waals surface area contributed by atoms with Crippen molar-refractivity contribution in [1.82, 2.24) is 4.90 Å². The molecule has 2 heterocycles. The number of hydrogen-bond acceptors (Lipinski definition) is 4. The monoisotopic (exact) mass is 345 g/mol. The van der Waals surface area contributed by atoms with Crippen LogP contribution >= 0.6 is 0 Å². The average Bonchev–Trinajstić information content (AvgIpc) is 3.17. The van der Waals surface area contributed by atoms with Gasteiger partial charge in [-0.25, -0.2) is 0 Å². The number of ether oxygens (including phenoxy) is 3. The quantitative estimate of drug-likeness (QED) is 0.795. The first-order chi connectivity index (χ1) is 12.0. The van der Waals surface area contributed by atoms with Gasteiger partial charge in [0.15, 0.2) is 18.1 Å². The number of hydrogen-bond donors (Lipinski definition) is 0. The summed E-state index contributed by atoms with van der Waals surface area (Å²) in [5, 5.41) is 0. The molecule has 0 radical (unpaired) electrons. The molecule has 1 amide bonds. The standard InChI is InChI=1S/C20H27NO4/c1-20(2)10-15-4-3-5-17(19(15)25-20)24-13-18(22)21-9-8-16(11-21)23-12-14-6-7-14/h3-5,14,16H,6-13H2,1-2H3. The Hall–Kier alpha value is -1.75. The second kappa shape index (κ2) is 6.52. The van der Waals surface area contributed by atoms with Crippen LogP contribution in [0.2, 0.25) is 0 Å². The third kappa shape index (κ3) is 3.92. The number of likely N-dealkylation sites (tertiary alicyclic amines) is 1. The van der Waals surface area contributed by atoms with Crippen LogP contribution in [0.15, 0.2) is 18.2 Å². The molecule has 2 fully saturated rings. The summed E-state index contributed by atoms with van der Waals surface area (Å²) in [6.07, 6.45) is 4.57. The van der Waals surface area contributed by atoms with Gasteiger partial charge >= 0.3 is 0 Å². The van der Waals surface area contributed by atoms with Gasteiger partial charge in [-0.2, -0.15) is 0 Å². The maximum absolute atomic E-state index is 12.4. The van der Waals surface area contributed by atoms with Gasteiger partial charge in [-0.15, -0.1) is 0 Å². The number of carbonyl (C=O) groups is 1. The summed E-state index contributed by atoms with van der Waals surface area (Å²) in [5.41, 5.74) is 0.928. The number of nitrogens with zero attached hydrogens (tertiary/aromatic N) is 1. The molecular weight excluding hydrogens is 318 g/mol. The zero-order chi connectivity index (χ0) is 17.4. The molecular formula is C20H27NO4. The predicted molar refractivity (Wildman–Crippen MR) is 94.0 cm³/mol.